The van der Waals surface area contributed by atoms with E-state index >= 15 is 0 Å². The zero-order valence-electron chi connectivity index (χ0n) is 14.8. The minimum absolute atomic E-state index is 0.147. The van der Waals surface area contributed by atoms with Crippen LogP contribution in [0.3, 0.4) is 0 Å². The molecule has 2 heterocycles. The van der Waals surface area contributed by atoms with Crippen LogP contribution in [-0.2, 0) is 5.54 Å². The van der Waals surface area contributed by atoms with Crippen LogP contribution in [0, 0.1) is 0 Å². The summed E-state index contributed by atoms with van der Waals surface area (Å²) in [4.78, 5) is 26.2. The van der Waals surface area contributed by atoms with Crippen LogP contribution in [0.4, 0.5) is 0 Å². The maximum atomic E-state index is 13.2. The van der Waals surface area contributed by atoms with Crippen LogP contribution in [0.15, 0.2) is 52.9 Å². The molecule has 0 saturated heterocycles. The molecule has 4 heteroatoms. The van der Waals surface area contributed by atoms with Crippen molar-refractivity contribution in [2.45, 2.75) is 26.3 Å². The van der Waals surface area contributed by atoms with E-state index in [-0.39, 0.29) is 22.9 Å². The van der Waals surface area contributed by atoms with Gasteiger partial charge in [0.15, 0.2) is 11.5 Å². The van der Waals surface area contributed by atoms with Gasteiger partial charge in [-0.2, -0.15) is 0 Å². The molecule has 0 fully saturated rings. The van der Waals surface area contributed by atoms with Gasteiger partial charge in [0, 0.05) is 22.1 Å². The van der Waals surface area contributed by atoms with E-state index < -0.39 is 0 Å². The molecule has 2 aromatic heterocycles. The van der Waals surface area contributed by atoms with Crippen LogP contribution < -0.4 is 0 Å². The molecule has 0 bridgehead atoms. The van der Waals surface area contributed by atoms with Gasteiger partial charge in [-0.15, -0.1) is 0 Å². The highest BCUT2D eigenvalue weighted by Crippen LogP contribution is 2.42. The molecule has 1 aliphatic rings. The van der Waals surface area contributed by atoms with Gasteiger partial charge in [-0.25, -0.2) is 0 Å². The lowest BCUT2D eigenvalue weighted by molar-refractivity contribution is 0.0961. The third kappa shape index (κ3) is 1.74. The fraction of sp³-hybridized carbons (Fsp3) is 0.182. The second kappa shape index (κ2) is 4.73. The van der Waals surface area contributed by atoms with Crippen molar-refractivity contribution in [1.82, 2.24) is 4.57 Å². The molecule has 0 spiro atoms. The van der Waals surface area contributed by atoms with Crippen LogP contribution >= 0.6 is 0 Å². The monoisotopic (exact) mass is 343 g/mol. The Hall–Kier alpha value is -3.14. The number of carbonyl (C=O) groups excluding carboxylic acids is 2. The number of rotatable bonds is 0. The number of aromatic nitrogens is 1. The molecule has 5 rings (SSSR count). The summed E-state index contributed by atoms with van der Waals surface area (Å²) in [6.45, 7) is 6.25. The summed E-state index contributed by atoms with van der Waals surface area (Å²) in [6.07, 6.45) is 0. The van der Waals surface area contributed by atoms with Gasteiger partial charge in [-0.05, 0) is 26.8 Å². The van der Waals surface area contributed by atoms with Gasteiger partial charge >= 0.3 is 0 Å². The first-order valence-corrected chi connectivity index (χ1v) is 8.64. The number of carbonyl (C=O) groups is 2. The standard InChI is InChI=1S/C22H17NO3/c1-22(2,3)23-15-11-7-6-10-14(15)16-17-18(24)12-8-4-5-9-13(12)19(25)20(17)26-21(16)23/h4-11H,1-3H3. The molecular weight excluding hydrogens is 326 g/mol. The molecule has 0 aliphatic heterocycles. The van der Waals surface area contributed by atoms with Crippen molar-refractivity contribution in [3.63, 3.8) is 0 Å². The molecule has 0 radical (unpaired) electrons. The zero-order chi connectivity index (χ0) is 18.2. The highest BCUT2D eigenvalue weighted by molar-refractivity contribution is 6.33. The van der Waals surface area contributed by atoms with Crippen molar-refractivity contribution in [2.75, 3.05) is 0 Å². The summed E-state index contributed by atoms with van der Waals surface area (Å²) in [5, 5.41) is 1.67. The number of fused-ring (bicyclic) bond motifs is 6. The summed E-state index contributed by atoms with van der Waals surface area (Å²) < 4.78 is 8.14. The van der Waals surface area contributed by atoms with Gasteiger partial charge in [-0.1, -0.05) is 42.5 Å². The number of nitrogens with zero attached hydrogens (tertiary/aromatic N) is 1. The molecule has 0 saturated carbocycles. The predicted molar refractivity (Wildman–Crippen MR) is 100 cm³/mol. The molecule has 128 valence electrons. The van der Waals surface area contributed by atoms with Gasteiger partial charge in [0.1, 0.15) is 0 Å². The van der Waals surface area contributed by atoms with Crippen LogP contribution in [0.25, 0.3) is 22.0 Å². The summed E-state index contributed by atoms with van der Waals surface area (Å²) in [6, 6.07) is 14.9. The van der Waals surface area contributed by atoms with Crippen molar-refractivity contribution < 1.29 is 14.0 Å². The topological polar surface area (TPSA) is 52.2 Å². The third-order valence-electron chi connectivity index (χ3n) is 5.03. The molecule has 0 amide bonds. The summed E-state index contributed by atoms with van der Waals surface area (Å²) in [5.74, 6) is -0.218. The van der Waals surface area contributed by atoms with Crippen molar-refractivity contribution in [3.05, 3.63) is 71.0 Å². The van der Waals surface area contributed by atoms with Crippen LogP contribution in [-0.4, -0.2) is 16.1 Å². The Kier molecular flexibility index (Phi) is 2.75. The lowest BCUT2D eigenvalue weighted by atomic mass is 9.87. The first kappa shape index (κ1) is 15.1. The first-order valence-electron chi connectivity index (χ1n) is 8.64. The highest BCUT2D eigenvalue weighted by Gasteiger charge is 2.38. The summed E-state index contributed by atoms with van der Waals surface area (Å²) in [7, 11) is 0. The SMILES string of the molecule is CC(C)(C)n1c2ccccc2c2c3c(oc21)C(=O)c1ccccc1C3=O. The van der Waals surface area contributed by atoms with E-state index in [0.29, 0.717) is 22.4 Å². The average Bonchev–Trinajstić information content (AvgIpc) is 3.13. The van der Waals surface area contributed by atoms with Crippen molar-refractivity contribution >= 4 is 33.6 Å². The summed E-state index contributed by atoms with van der Waals surface area (Å²) >= 11 is 0. The van der Waals surface area contributed by atoms with Gasteiger partial charge in [0.05, 0.1) is 16.5 Å². The Morgan fingerprint density at radius 2 is 1.46 bits per heavy atom. The number of ketones is 2. The second-order valence-electron chi connectivity index (χ2n) is 7.71. The number of benzene rings is 2. The molecule has 0 N–H and O–H groups in total. The van der Waals surface area contributed by atoms with Crippen LogP contribution in [0.5, 0.6) is 0 Å². The molecule has 0 atom stereocenters. The fourth-order valence-corrected chi connectivity index (χ4v) is 3.99. The number of hydrogen-bond acceptors (Lipinski definition) is 3. The largest absolute Gasteiger partial charge is 0.435 e. The van der Waals surface area contributed by atoms with E-state index in [4.69, 9.17) is 4.42 Å². The normalized spacial score (nSPS) is 14.1. The maximum Gasteiger partial charge on any atom is 0.229 e. The molecule has 2 aromatic carbocycles. The summed E-state index contributed by atoms with van der Waals surface area (Å²) in [5.41, 5.74) is 2.56. The predicted octanol–water partition coefficient (Wildman–Crippen LogP) is 4.92. The molecule has 1 aliphatic carbocycles. The number of para-hydroxylation sites is 1. The fourth-order valence-electron chi connectivity index (χ4n) is 3.99. The zero-order valence-corrected chi connectivity index (χ0v) is 14.8. The van der Waals surface area contributed by atoms with Crippen molar-refractivity contribution in [3.8, 4) is 0 Å². The molecule has 0 unspecified atom stereocenters. The number of furan rings is 1. The smallest absolute Gasteiger partial charge is 0.229 e. The quantitative estimate of drug-likeness (QED) is 0.401. The molecule has 4 aromatic rings. The minimum atomic E-state index is -0.263. The van der Waals surface area contributed by atoms with E-state index in [2.05, 4.69) is 25.3 Å². The Balaban J connectivity index is 1.98. The van der Waals surface area contributed by atoms with E-state index in [1.54, 1.807) is 24.3 Å². The van der Waals surface area contributed by atoms with E-state index in [1.807, 2.05) is 24.3 Å². The van der Waals surface area contributed by atoms with Crippen LogP contribution in [0.2, 0.25) is 0 Å². The Morgan fingerprint density at radius 3 is 2.15 bits per heavy atom. The molecule has 4 nitrogen and oxygen atoms in total. The molecule has 26 heavy (non-hydrogen) atoms. The van der Waals surface area contributed by atoms with Crippen molar-refractivity contribution in [2.24, 2.45) is 0 Å². The highest BCUT2D eigenvalue weighted by atomic mass is 16.4. The Bertz CT molecular complexity index is 1250. The van der Waals surface area contributed by atoms with E-state index in [1.165, 1.54) is 0 Å². The average molecular weight is 343 g/mol. The second-order valence-corrected chi connectivity index (χ2v) is 7.71. The van der Waals surface area contributed by atoms with Crippen molar-refractivity contribution in [1.29, 1.82) is 0 Å². The van der Waals surface area contributed by atoms with Gasteiger partial charge in [0.2, 0.25) is 11.5 Å². The Morgan fingerprint density at radius 1 is 0.846 bits per heavy atom. The molecular formula is C22H17NO3. The lowest BCUT2D eigenvalue weighted by Crippen LogP contribution is -2.21. The van der Waals surface area contributed by atoms with E-state index in [9.17, 15) is 9.59 Å². The van der Waals surface area contributed by atoms with Gasteiger partial charge in [0.25, 0.3) is 0 Å². The first-order chi connectivity index (χ1) is 12.4. The number of hydrogen-bond donors (Lipinski definition) is 0. The Labute approximate surface area is 150 Å². The maximum absolute atomic E-state index is 13.2. The van der Waals surface area contributed by atoms with Crippen LogP contribution in [0.1, 0.15) is 52.8 Å². The van der Waals surface area contributed by atoms with Gasteiger partial charge < -0.3 is 8.98 Å². The van der Waals surface area contributed by atoms with E-state index in [0.717, 1.165) is 16.3 Å². The lowest BCUT2D eigenvalue weighted by Gasteiger charge is -2.22. The minimum Gasteiger partial charge on any atom is -0.435 e. The third-order valence-corrected chi connectivity index (χ3v) is 5.03. The van der Waals surface area contributed by atoms with Gasteiger partial charge in [-0.3, -0.25) is 9.59 Å².